The molecule has 298 valence electrons. The summed E-state index contributed by atoms with van der Waals surface area (Å²) < 4.78 is 34.2. The van der Waals surface area contributed by atoms with Crippen molar-refractivity contribution in [2.45, 2.75) is 123 Å². The molecule has 0 spiro atoms. The Morgan fingerprint density at radius 3 is 2.30 bits per heavy atom. The molecule has 1 fully saturated rings. The van der Waals surface area contributed by atoms with Crippen LogP contribution in [0.25, 0.3) is 0 Å². The Morgan fingerprint density at radius 1 is 0.981 bits per heavy atom. The second-order valence-electron chi connectivity index (χ2n) is 15.8. The number of nitrogens with zero attached hydrogens (tertiary/aromatic N) is 4. The lowest BCUT2D eigenvalue weighted by atomic mass is 9.94. The number of amides is 1. The van der Waals surface area contributed by atoms with Crippen LogP contribution in [0.3, 0.4) is 0 Å². The maximum absolute atomic E-state index is 14.6. The van der Waals surface area contributed by atoms with E-state index >= 15 is 0 Å². The molecular weight excluding hydrogens is 773 g/mol. The summed E-state index contributed by atoms with van der Waals surface area (Å²) in [6.07, 6.45) is -1.88. The van der Waals surface area contributed by atoms with Crippen LogP contribution in [0.1, 0.15) is 127 Å². The van der Waals surface area contributed by atoms with E-state index in [0.29, 0.717) is 15.7 Å². The van der Waals surface area contributed by atoms with Gasteiger partial charge in [0.2, 0.25) is 5.78 Å². The average Bonchev–Trinajstić information content (AvgIpc) is 3.88. The molecule has 18 heteroatoms. The van der Waals surface area contributed by atoms with Crippen LogP contribution in [-0.2, 0) is 34.7 Å². The molecule has 1 aliphatic rings. The molecule has 0 radical (unpaired) electrons. The quantitative estimate of drug-likeness (QED) is 0.0590. The molecule has 3 atom stereocenters. The smallest absolute Gasteiger partial charge is 0.413 e. The Hall–Kier alpha value is -2.97. The molecule has 4 heterocycles. The number of esters is 1. The van der Waals surface area contributed by atoms with Gasteiger partial charge in [-0.15, -0.1) is 34.0 Å². The van der Waals surface area contributed by atoms with E-state index in [9.17, 15) is 19.2 Å². The Labute approximate surface area is 330 Å². The first kappa shape index (κ1) is 43.8. The van der Waals surface area contributed by atoms with Crippen molar-refractivity contribution in [1.29, 1.82) is 0 Å². The second kappa shape index (κ2) is 17.4. The first-order valence-corrected chi connectivity index (χ1v) is 23.1. The SMILES string of the molecule is CCOC(=O)c1csc(C(=O)C(CC(C(=O)c2csc([C@@H]3COC(C)(C)N3C(=O)OC(C)(C)C)n2)c2nc(CO[Si](C)(C)C(C)(C)C)cs2)OCOC)n1. The Balaban J connectivity index is 1.69. The van der Waals surface area contributed by atoms with Crippen LogP contribution in [0.4, 0.5) is 4.79 Å². The van der Waals surface area contributed by atoms with Crippen LogP contribution < -0.4 is 0 Å². The van der Waals surface area contributed by atoms with E-state index in [2.05, 4.69) is 38.8 Å². The number of thiazole rings is 3. The first-order chi connectivity index (χ1) is 25.1. The number of rotatable bonds is 16. The van der Waals surface area contributed by atoms with Crippen LogP contribution in [0.5, 0.6) is 0 Å². The van der Waals surface area contributed by atoms with Gasteiger partial charge in [-0.25, -0.2) is 24.5 Å². The van der Waals surface area contributed by atoms with E-state index in [0.717, 1.165) is 11.3 Å². The van der Waals surface area contributed by atoms with E-state index in [1.165, 1.54) is 40.1 Å². The van der Waals surface area contributed by atoms with Crippen molar-refractivity contribution in [2.24, 2.45) is 0 Å². The largest absolute Gasteiger partial charge is 0.461 e. The zero-order chi connectivity index (χ0) is 40.2. The Bertz CT molecular complexity index is 1790. The van der Waals surface area contributed by atoms with E-state index < -0.39 is 61.3 Å². The molecule has 14 nitrogen and oxygen atoms in total. The third-order valence-corrected chi connectivity index (χ3v) is 16.3. The number of carbonyl (C=O) groups excluding carboxylic acids is 4. The molecular formula is C36H52N4O10S3Si. The highest BCUT2D eigenvalue weighted by molar-refractivity contribution is 7.12. The number of hydrogen-bond acceptors (Lipinski definition) is 16. The van der Waals surface area contributed by atoms with E-state index in [1.54, 1.807) is 46.9 Å². The van der Waals surface area contributed by atoms with E-state index in [-0.39, 0.29) is 54.5 Å². The summed E-state index contributed by atoms with van der Waals surface area (Å²) in [5, 5.41) is 5.89. The number of ketones is 2. The number of methoxy groups -OCH3 is 1. The standard InChI is InChI=1S/C36H52N4O10S3Si/c1-13-46-32(43)24-19-53-31(39-24)28(42)26(47-20-45-10)14-22(29-37-21(17-51-29)15-49-54(11,12)35(5,6)7)27(41)23-18-52-30(38-23)25-16-48-36(8,9)40(25)33(44)50-34(2,3)4/h17-19,22,25-26H,13-16,20H2,1-12H3/t22?,25-,26?/m0/s1. The molecule has 1 aliphatic heterocycles. The van der Waals surface area contributed by atoms with Crippen molar-refractivity contribution in [3.05, 3.63) is 48.2 Å². The summed E-state index contributed by atoms with van der Waals surface area (Å²) in [5.41, 5.74) is -0.916. The Kier molecular flexibility index (Phi) is 14.1. The van der Waals surface area contributed by atoms with Crippen LogP contribution in [0.15, 0.2) is 16.1 Å². The van der Waals surface area contributed by atoms with Crippen molar-refractivity contribution in [1.82, 2.24) is 19.9 Å². The fourth-order valence-electron chi connectivity index (χ4n) is 5.15. The fourth-order valence-corrected chi connectivity index (χ4v) is 8.66. The number of Topliss-reactive ketones (excluding diaryl/α,β-unsaturated/α-hetero) is 2. The van der Waals surface area contributed by atoms with Gasteiger partial charge >= 0.3 is 12.1 Å². The van der Waals surface area contributed by atoms with Crippen molar-refractivity contribution in [2.75, 3.05) is 27.1 Å². The predicted octanol–water partition coefficient (Wildman–Crippen LogP) is 8.03. The second-order valence-corrected chi connectivity index (χ2v) is 23.2. The highest BCUT2D eigenvalue weighted by Crippen LogP contribution is 2.41. The summed E-state index contributed by atoms with van der Waals surface area (Å²) in [6.45, 7) is 21.7. The molecule has 2 unspecified atom stereocenters. The maximum atomic E-state index is 14.6. The van der Waals surface area contributed by atoms with Gasteiger partial charge < -0.3 is 28.1 Å². The van der Waals surface area contributed by atoms with Gasteiger partial charge in [-0.05, 0) is 66.1 Å². The van der Waals surface area contributed by atoms with Gasteiger partial charge in [-0.3, -0.25) is 14.5 Å². The molecule has 4 rings (SSSR count). The number of aromatic nitrogens is 3. The molecule has 3 aromatic heterocycles. The third-order valence-electron chi connectivity index (χ3n) is 9.04. The van der Waals surface area contributed by atoms with Gasteiger partial charge in [0.15, 0.2) is 24.8 Å². The molecule has 0 saturated carbocycles. The zero-order valence-corrected chi connectivity index (χ0v) is 36.5. The molecule has 0 aromatic carbocycles. The Morgan fingerprint density at radius 2 is 1.67 bits per heavy atom. The van der Waals surface area contributed by atoms with Gasteiger partial charge in [0, 0.05) is 23.2 Å². The minimum absolute atomic E-state index is 0.00381. The van der Waals surface area contributed by atoms with Gasteiger partial charge in [-0.1, -0.05) is 20.8 Å². The van der Waals surface area contributed by atoms with E-state index in [4.69, 9.17) is 38.1 Å². The van der Waals surface area contributed by atoms with Crippen molar-refractivity contribution in [3.8, 4) is 0 Å². The van der Waals surface area contributed by atoms with Crippen LogP contribution in [0.2, 0.25) is 18.1 Å². The number of carbonyl (C=O) groups is 4. The van der Waals surface area contributed by atoms with Crippen LogP contribution in [0, 0.1) is 0 Å². The highest BCUT2D eigenvalue weighted by Gasteiger charge is 2.48. The lowest BCUT2D eigenvalue weighted by molar-refractivity contribution is -0.0629. The predicted molar refractivity (Wildman–Crippen MR) is 208 cm³/mol. The molecule has 1 saturated heterocycles. The highest BCUT2D eigenvalue weighted by atomic mass is 32.1. The molecule has 54 heavy (non-hydrogen) atoms. The minimum atomic E-state index is -2.11. The summed E-state index contributed by atoms with van der Waals surface area (Å²) in [5.74, 6) is -2.54. The molecule has 0 bridgehead atoms. The van der Waals surface area contributed by atoms with Gasteiger partial charge in [0.05, 0.1) is 31.4 Å². The summed E-state index contributed by atoms with van der Waals surface area (Å²) in [7, 11) is -0.685. The zero-order valence-electron chi connectivity index (χ0n) is 33.1. The topological polar surface area (TPSA) is 166 Å². The van der Waals surface area contributed by atoms with Crippen LogP contribution >= 0.6 is 34.0 Å². The number of hydrogen-bond donors (Lipinski definition) is 0. The van der Waals surface area contributed by atoms with Crippen LogP contribution in [-0.4, -0.2) is 96.3 Å². The number of ether oxygens (including phenoxy) is 5. The van der Waals surface area contributed by atoms with Gasteiger partial charge in [0.1, 0.15) is 46.0 Å². The molecule has 0 aliphatic carbocycles. The normalized spacial score (nSPS) is 17.3. The lowest BCUT2D eigenvalue weighted by Crippen LogP contribution is -2.47. The lowest BCUT2D eigenvalue weighted by Gasteiger charge is -2.35. The summed E-state index contributed by atoms with van der Waals surface area (Å²) >= 11 is 3.49. The van der Waals surface area contributed by atoms with Crippen molar-refractivity contribution >= 4 is 66.0 Å². The van der Waals surface area contributed by atoms with E-state index in [1.807, 2.05) is 5.38 Å². The average molecular weight is 825 g/mol. The third kappa shape index (κ3) is 10.7. The van der Waals surface area contributed by atoms with Gasteiger partial charge in [-0.2, -0.15) is 0 Å². The molecule has 1 amide bonds. The summed E-state index contributed by atoms with van der Waals surface area (Å²) in [4.78, 5) is 69.4. The van der Waals surface area contributed by atoms with Gasteiger partial charge in [0.25, 0.3) is 0 Å². The van der Waals surface area contributed by atoms with Crippen molar-refractivity contribution in [3.63, 3.8) is 0 Å². The summed E-state index contributed by atoms with van der Waals surface area (Å²) in [6, 6.07) is -0.600. The monoisotopic (exact) mass is 824 g/mol. The maximum Gasteiger partial charge on any atom is 0.413 e. The molecule has 3 aromatic rings. The fraction of sp³-hybridized carbons (Fsp3) is 0.639. The first-order valence-electron chi connectivity index (χ1n) is 17.6. The van der Waals surface area contributed by atoms with Crippen molar-refractivity contribution < 1.29 is 47.3 Å². The molecule has 0 N–H and O–H groups in total. The minimum Gasteiger partial charge on any atom is -0.461 e.